The second kappa shape index (κ2) is 7.81. The van der Waals surface area contributed by atoms with Crippen LogP contribution in [0.5, 0.6) is 0 Å². The van der Waals surface area contributed by atoms with Crippen LogP contribution in [-0.2, 0) is 9.59 Å². The Hall–Kier alpha value is -1.30. The molecule has 5 nitrogen and oxygen atoms in total. The summed E-state index contributed by atoms with van der Waals surface area (Å²) in [6.07, 6.45) is 1.90. The van der Waals surface area contributed by atoms with E-state index >= 15 is 0 Å². The molecule has 0 saturated carbocycles. The number of nitrogens with zero attached hydrogens (tertiary/aromatic N) is 1. The van der Waals surface area contributed by atoms with Crippen molar-refractivity contribution in [1.82, 2.24) is 10.2 Å². The number of nitrogens with one attached hydrogen (secondary N) is 2. The van der Waals surface area contributed by atoms with Gasteiger partial charge in [0.1, 0.15) is 6.04 Å². The number of carbonyl (C=O) groups is 2. The summed E-state index contributed by atoms with van der Waals surface area (Å²) < 4.78 is 0. The third-order valence-electron chi connectivity index (χ3n) is 3.59. The van der Waals surface area contributed by atoms with E-state index in [1.165, 1.54) is 0 Å². The number of benzene rings is 1. The maximum absolute atomic E-state index is 12.4. The van der Waals surface area contributed by atoms with Crippen molar-refractivity contribution in [2.75, 3.05) is 25.5 Å². The highest BCUT2D eigenvalue weighted by atomic mass is 35.5. The Bertz CT molecular complexity index is 545. The van der Waals surface area contributed by atoms with E-state index in [0.29, 0.717) is 41.7 Å². The highest BCUT2D eigenvalue weighted by molar-refractivity contribution is 6.35. The lowest BCUT2D eigenvalue weighted by atomic mass is 10.2. The first-order valence-corrected chi connectivity index (χ1v) is 7.98. The van der Waals surface area contributed by atoms with Crippen molar-refractivity contribution in [3.8, 4) is 0 Å². The SMILES string of the molecule is CNCCC(=O)N1CCCC1C(=O)Nc1cc(Cl)cc(Cl)c1. The molecule has 1 fully saturated rings. The van der Waals surface area contributed by atoms with Gasteiger partial charge in [-0.1, -0.05) is 23.2 Å². The number of anilines is 1. The number of likely N-dealkylation sites (tertiary alicyclic amines) is 1. The molecule has 2 amide bonds. The molecule has 0 radical (unpaired) electrons. The Balaban J connectivity index is 2.02. The van der Waals surface area contributed by atoms with Crippen LogP contribution in [0.1, 0.15) is 19.3 Å². The molecule has 2 N–H and O–H groups in total. The van der Waals surface area contributed by atoms with Crippen LogP contribution in [0.25, 0.3) is 0 Å². The maximum atomic E-state index is 12.4. The largest absolute Gasteiger partial charge is 0.331 e. The number of amides is 2. The summed E-state index contributed by atoms with van der Waals surface area (Å²) in [6, 6.07) is 4.44. The van der Waals surface area contributed by atoms with Crippen molar-refractivity contribution >= 4 is 40.7 Å². The van der Waals surface area contributed by atoms with Gasteiger partial charge in [-0.25, -0.2) is 0 Å². The number of hydrogen-bond donors (Lipinski definition) is 2. The second-order valence-corrected chi connectivity index (χ2v) is 6.12. The lowest BCUT2D eigenvalue weighted by Gasteiger charge is -2.24. The first kappa shape index (κ1) is 17.1. The molecule has 0 bridgehead atoms. The topological polar surface area (TPSA) is 61.4 Å². The Morgan fingerprint density at radius 2 is 1.95 bits per heavy atom. The molecule has 1 aliphatic rings. The third-order valence-corrected chi connectivity index (χ3v) is 4.03. The fraction of sp³-hybridized carbons (Fsp3) is 0.467. The minimum atomic E-state index is -0.429. The van der Waals surface area contributed by atoms with E-state index in [2.05, 4.69) is 10.6 Å². The van der Waals surface area contributed by atoms with Gasteiger partial charge in [0.2, 0.25) is 11.8 Å². The Kier molecular flexibility index (Phi) is 6.06. The van der Waals surface area contributed by atoms with Gasteiger partial charge in [-0.05, 0) is 38.1 Å². The molecule has 1 unspecified atom stereocenters. The van der Waals surface area contributed by atoms with Gasteiger partial charge in [0.05, 0.1) is 0 Å². The molecule has 1 aromatic carbocycles. The van der Waals surface area contributed by atoms with Gasteiger partial charge in [-0.15, -0.1) is 0 Å². The van der Waals surface area contributed by atoms with Crippen LogP contribution in [-0.4, -0.2) is 42.9 Å². The number of rotatable bonds is 5. The van der Waals surface area contributed by atoms with E-state index in [0.717, 1.165) is 6.42 Å². The Morgan fingerprint density at radius 1 is 1.27 bits per heavy atom. The molecule has 120 valence electrons. The van der Waals surface area contributed by atoms with E-state index < -0.39 is 6.04 Å². The summed E-state index contributed by atoms with van der Waals surface area (Å²) in [5.74, 6) is -0.204. The smallest absolute Gasteiger partial charge is 0.247 e. The molecule has 2 rings (SSSR count). The standard InChI is InChI=1S/C15H19Cl2N3O2/c1-18-5-4-14(21)20-6-2-3-13(20)15(22)19-12-8-10(16)7-11(17)9-12/h7-9,13,18H,2-6H2,1H3,(H,19,22). The number of hydrogen-bond acceptors (Lipinski definition) is 3. The summed E-state index contributed by atoms with van der Waals surface area (Å²) in [5.41, 5.74) is 0.539. The van der Waals surface area contributed by atoms with Crippen LogP contribution in [0.3, 0.4) is 0 Å². The average Bonchev–Trinajstić information content (AvgIpc) is 2.93. The third kappa shape index (κ3) is 4.35. The van der Waals surface area contributed by atoms with Gasteiger partial charge in [-0.2, -0.15) is 0 Å². The van der Waals surface area contributed by atoms with Crippen molar-refractivity contribution in [3.05, 3.63) is 28.2 Å². The van der Waals surface area contributed by atoms with Gasteiger partial charge in [-0.3, -0.25) is 9.59 Å². The summed E-state index contributed by atoms with van der Waals surface area (Å²) >= 11 is 11.8. The van der Waals surface area contributed by atoms with Crippen molar-refractivity contribution in [2.45, 2.75) is 25.3 Å². The molecular formula is C15H19Cl2N3O2. The second-order valence-electron chi connectivity index (χ2n) is 5.25. The maximum Gasteiger partial charge on any atom is 0.247 e. The highest BCUT2D eigenvalue weighted by Gasteiger charge is 2.33. The predicted molar refractivity (Wildman–Crippen MR) is 88.4 cm³/mol. The zero-order chi connectivity index (χ0) is 16.1. The summed E-state index contributed by atoms with van der Waals surface area (Å²) in [7, 11) is 1.80. The van der Waals surface area contributed by atoms with Crippen LogP contribution in [0.15, 0.2) is 18.2 Å². The number of carbonyl (C=O) groups excluding carboxylic acids is 2. The van der Waals surface area contributed by atoms with Gasteiger partial charge < -0.3 is 15.5 Å². The van der Waals surface area contributed by atoms with E-state index in [1.807, 2.05) is 0 Å². The lowest BCUT2D eigenvalue weighted by Crippen LogP contribution is -2.43. The van der Waals surface area contributed by atoms with Crippen molar-refractivity contribution in [2.24, 2.45) is 0 Å². The minimum Gasteiger partial charge on any atom is -0.331 e. The van der Waals surface area contributed by atoms with Gasteiger partial charge in [0.15, 0.2) is 0 Å². The van der Waals surface area contributed by atoms with E-state index in [4.69, 9.17) is 23.2 Å². The molecule has 1 aromatic rings. The van der Waals surface area contributed by atoms with Crippen LogP contribution < -0.4 is 10.6 Å². The van der Waals surface area contributed by atoms with Crippen molar-refractivity contribution in [1.29, 1.82) is 0 Å². The zero-order valence-electron chi connectivity index (χ0n) is 12.4. The molecule has 1 heterocycles. The molecule has 1 aliphatic heterocycles. The monoisotopic (exact) mass is 343 g/mol. The van der Waals surface area contributed by atoms with Gasteiger partial charge in [0.25, 0.3) is 0 Å². The van der Waals surface area contributed by atoms with Crippen molar-refractivity contribution < 1.29 is 9.59 Å². The lowest BCUT2D eigenvalue weighted by molar-refractivity contribution is -0.136. The zero-order valence-corrected chi connectivity index (χ0v) is 13.9. The molecule has 7 heteroatoms. The van der Waals surface area contributed by atoms with Crippen LogP contribution in [0, 0.1) is 0 Å². The first-order valence-electron chi connectivity index (χ1n) is 7.22. The highest BCUT2D eigenvalue weighted by Crippen LogP contribution is 2.24. The molecule has 0 spiro atoms. The predicted octanol–water partition coefficient (Wildman–Crippen LogP) is 2.53. The van der Waals surface area contributed by atoms with E-state index in [9.17, 15) is 9.59 Å². The van der Waals surface area contributed by atoms with E-state index in [-0.39, 0.29) is 11.8 Å². The molecular weight excluding hydrogens is 325 g/mol. The van der Waals surface area contributed by atoms with Crippen LogP contribution >= 0.6 is 23.2 Å². The normalized spacial score (nSPS) is 17.6. The van der Waals surface area contributed by atoms with Gasteiger partial charge in [0, 0.05) is 35.2 Å². The first-order chi connectivity index (χ1) is 10.5. The molecule has 1 atom stereocenters. The molecule has 0 aliphatic carbocycles. The minimum absolute atomic E-state index is 0.00359. The van der Waals surface area contributed by atoms with Gasteiger partial charge >= 0.3 is 0 Å². The molecule has 0 aromatic heterocycles. The fourth-order valence-corrected chi connectivity index (χ4v) is 3.09. The Labute approximate surface area is 139 Å². The summed E-state index contributed by atoms with van der Waals surface area (Å²) in [4.78, 5) is 26.2. The van der Waals surface area contributed by atoms with E-state index in [1.54, 1.807) is 30.1 Å². The fourth-order valence-electron chi connectivity index (χ4n) is 2.56. The quantitative estimate of drug-likeness (QED) is 0.863. The van der Waals surface area contributed by atoms with Crippen molar-refractivity contribution in [3.63, 3.8) is 0 Å². The molecule has 1 saturated heterocycles. The average molecular weight is 344 g/mol. The van der Waals surface area contributed by atoms with Crippen LogP contribution in [0.4, 0.5) is 5.69 Å². The molecule has 22 heavy (non-hydrogen) atoms. The Morgan fingerprint density at radius 3 is 2.59 bits per heavy atom. The van der Waals surface area contributed by atoms with Crippen LogP contribution in [0.2, 0.25) is 10.0 Å². The summed E-state index contributed by atoms with van der Waals surface area (Å²) in [5, 5.41) is 6.64. The summed E-state index contributed by atoms with van der Waals surface area (Å²) in [6.45, 7) is 1.23. The number of halogens is 2.